The first-order valence-corrected chi connectivity index (χ1v) is 22.8. The number of ether oxygens (including phenoxy) is 8. The Morgan fingerprint density at radius 2 is 1.70 bits per heavy atom. The molecule has 4 N–H and O–H groups in total. The third kappa shape index (κ3) is 11.6. The number of alkyl carbamates (subject to hydrolysis) is 1. The van der Waals surface area contributed by atoms with Crippen LogP contribution in [-0.4, -0.2) is 156 Å². The second kappa shape index (κ2) is 21.2. The largest absolute Gasteiger partial charge is 0.459 e. The Bertz CT molecular complexity index is 1670. The maximum Gasteiger partial charge on any atom is 0.407 e. The number of cyclic esters (lactones) is 1. The van der Waals surface area contributed by atoms with Crippen molar-refractivity contribution in [1.29, 1.82) is 0 Å². The zero-order valence-electron chi connectivity index (χ0n) is 39.7. The van der Waals surface area contributed by atoms with E-state index < -0.39 is 102 Å². The minimum absolute atomic E-state index is 0.0887. The van der Waals surface area contributed by atoms with Gasteiger partial charge in [-0.3, -0.25) is 14.6 Å². The number of nitrogens with zero attached hydrogens (tertiary/aromatic N) is 2. The van der Waals surface area contributed by atoms with E-state index in [9.17, 15) is 24.6 Å². The lowest BCUT2D eigenvalue weighted by atomic mass is 9.75. The molecule has 4 aliphatic rings. The summed E-state index contributed by atoms with van der Waals surface area (Å²) < 4.78 is 51.2. The van der Waals surface area contributed by atoms with E-state index in [-0.39, 0.29) is 36.7 Å². The van der Waals surface area contributed by atoms with Crippen molar-refractivity contribution in [3.63, 3.8) is 0 Å². The van der Waals surface area contributed by atoms with Crippen molar-refractivity contribution in [2.75, 3.05) is 34.3 Å². The quantitative estimate of drug-likeness (QED) is 0.164. The summed E-state index contributed by atoms with van der Waals surface area (Å²) in [6, 6.07) is 5.38. The molecular weight excluding hydrogens is 817 g/mol. The molecule has 0 radical (unpaired) electrons. The molecule has 1 aromatic heterocycles. The van der Waals surface area contributed by atoms with Gasteiger partial charge in [0.1, 0.15) is 17.8 Å². The number of pyridine rings is 1. The first-order chi connectivity index (χ1) is 29.6. The molecule has 4 saturated heterocycles. The van der Waals surface area contributed by atoms with Crippen LogP contribution in [0.2, 0.25) is 0 Å². The molecule has 63 heavy (non-hydrogen) atoms. The number of rotatable bonds is 13. The summed E-state index contributed by atoms with van der Waals surface area (Å²) in [7, 11) is 5.28. The standard InChI is InChI=1S/C46H76N4O13/c1-14-33-46(10)38(52)27(4)36(63-46)25(2)22-44(8,55)39(61-42-35(51)32(50(11)12)21-26(3)57-42)28(5)37(29(6)41(53)59-33)60-34-23-45(9,56-13)40(30(7)58-34)62-43(54)49-20-19-47-24-31-17-15-16-18-48-31/h15-18,25-30,32-37,39-40,42,47,51,55H,14,19-24H2,1-13H3,(H,49,54)/t25-,26-,27-,28+,29-,30+,32+,33+,34+,35-,36-,37+,39-,40?,42+,44+,45-,46+/m1/s1. The smallest absolute Gasteiger partial charge is 0.407 e. The van der Waals surface area contributed by atoms with Gasteiger partial charge in [-0.05, 0) is 93.0 Å². The van der Waals surface area contributed by atoms with Crippen LogP contribution in [0, 0.1) is 23.7 Å². The van der Waals surface area contributed by atoms with E-state index in [4.69, 9.17) is 37.9 Å². The molecule has 4 aliphatic heterocycles. The summed E-state index contributed by atoms with van der Waals surface area (Å²) in [5, 5.41) is 30.4. The minimum Gasteiger partial charge on any atom is -0.459 e. The lowest BCUT2D eigenvalue weighted by molar-refractivity contribution is -0.317. The molecule has 0 aromatic carbocycles. The van der Waals surface area contributed by atoms with Gasteiger partial charge in [0, 0.05) is 57.2 Å². The van der Waals surface area contributed by atoms with E-state index in [0.717, 1.165) is 5.69 Å². The molecule has 1 unspecified atom stereocenters. The van der Waals surface area contributed by atoms with E-state index in [2.05, 4.69) is 15.6 Å². The zero-order chi connectivity index (χ0) is 46.6. The normalized spacial score (nSPS) is 42.8. The molecule has 1 aromatic rings. The minimum atomic E-state index is -1.65. The van der Waals surface area contributed by atoms with Gasteiger partial charge < -0.3 is 63.6 Å². The van der Waals surface area contributed by atoms with Crippen molar-refractivity contribution in [3.8, 4) is 0 Å². The fourth-order valence-corrected chi connectivity index (χ4v) is 10.4. The van der Waals surface area contributed by atoms with Crippen LogP contribution in [0.1, 0.15) is 101 Å². The van der Waals surface area contributed by atoms with Crippen LogP contribution in [0.15, 0.2) is 24.4 Å². The molecule has 358 valence electrons. The number of carbonyl (C=O) groups excluding carboxylic acids is 3. The lowest BCUT2D eigenvalue weighted by Gasteiger charge is -2.49. The van der Waals surface area contributed by atoms with Gasteiger partial charge in [0.25, 0.3) is 0 Å². The molecule has 1 amide bonds. The summed E-state index contributed by atoms with van der Waals surface area (Å²) in [5.74, 6) is -3.49. The molecule has 0 spiro atoms. The van der Waals surface area contributed by atoms with Crippen LogP contribution in [0.25, 0.3) is 0 Å². The van der Waals surface area contributed by atoms with Crippen LogP contribution < -0.4 is 10.6 Å². The highest BCUT2D eigenvalue weighted by atomic mass is 16.7. The Kier molecular flexibility index (Phi) is 17.2. The highest BCUT2D eigenvalue weighted by Crippen LogP contribution is 2.45. The number of aliphatic hydroxyl groups excluding tert-OH is 1. The molecule has 18 atom stereocenters. The molecule has 5 heterocycles. The van der Waals surface area contributed by atoms with Crippen molar-refractivity contribution in [1.82, 2.24) is 20.5 Å². The van der Waals surface area contributed by atoms with Gasteiger partial charge in [-0.25, -0.2) is 4.79 Å². The molecule has 0 aliphatic carbocycles. The number of ketones is 1. The highest BCUT2D eigenvalue weighted by Gasteiger charge is 2.59. The van der Waals surface area contributed by atoms with Crippen LogP contribution in [-0.2, 0) is 54.0 Å². The molecule has 17 heteroatoms. The fraction of sp³-hybridized carbons (Fsp3) is 0.826. The van der Waals surface area contributed by atoms with Crippen molar-refractivity contribution >= 4 is 17.8 Å². The van der Waals surface area contributed by atoms with Gasteiger partial charge in [0.05, 0.1) is 47.7 Å². The fourth-order valence-electron chi connectivity index (χ4n) is 10.4. The first-order valence-electron chi connectivity index (χ1n) is 22.8. The van der Waals surface area contributed by atoms with Crippen LogP contribution >= 0.6 is 0 Å². The second-order valence-corrected chi connectivity index (χ2v) is 19.3. The van der Waals surface area contributed by atoms with Crippen LogP contribution in [0.3, 0.4) is 0 Å². The third-order valence-electron chi connectivity index (χ3n) is 13.9. The Balaban J connectivity index is 1.42. The average molecular weight is 893 g/mol. The molecule has 4 fully saturated rings. The van der Waals surface area contributed by atoms with E-state index >= 15 is 0 Å². The van der Waals surface area contributed by atoms with Gasteiger partial charge in [-0.1, -0.05) is 33.8 Å². The van der Waals surface area contributed by atoms with E-state index in [1.54, 1.807) is 33.9 Å². The Morgan fingerprint density at radius 1 is 0.984 bits per heavy atom. The van der Waals surface area contributed by atoms with Gasteiger partial charge in [0.15, 0.2) is 30.1 Å². The predicted octanol–water partition coefficient (Wildman–Crippen LogP) is 3.75. The molecule has 17 nitrogen and oxygen atoms in total. The summed E-state index contributed by atoms with van der Waals surface area (Å²) in [6.45, 7) is 19.2. The van der Waals surface area contributed by atoms with Crippen molar-refractivity contribution in [3.05, 3.63) is 30.1 Å². The summed E-state index contributed by atoms with van der Waals surface area (Å²) in [6.07, 6.45) is -6.54. The maximum absolute atomic E-state index is 14.5. The van der Waals surface area contributed by atoms with Crippen molar-refractivity contribution in [2.45, 2.75) is 186 Å². The Labute approximate surface area is 373 Å². The molecular formula is C46H76N4O13. The van der Waals surface area contributed by atoms with E-state index in [0.29, 0.717) is 32.5 Å². The number of hydrogen-bond acceptors (Lipinski definition) is 16. The molecule has 5 rings (SSSR count). The van der Waals surface area contributed by atoms with Gasteiger partial charge in [-0.15, -0.1) is 0 Å². The number of likely N-dealkylation sites (N-methyl/N-ethyl adjacent to an activating group) is 1. The monoisotopic (exact) mass is 893 g/mol. The highest BCUT2D eigenvalue weighted by molar-refractivity contribution is 5.92. The van der Waals surface area contributed by atoms with Gasteiger partial charge in [0.2, 0.25) is 0 Å². The summed E-state index contributed by atoms with van der Waals surface area (Å²) in [4.78, 5) is 47.8. The van der Waals surface area contributed by atoms with Crippen molar-refractivity contribution in [2.24, 2.45) is 23.7 Å². The van der Waals surface area contributed by atoms with Crippen LogP contribution in [0.5, 0.6) is 0 Å². The average Bonchev–Trinajstić information content (AvgIpc) is 3.47. The third-order valence-corrected chi connectivity index (χ3v) is 13.9. The number of hydrogen-bond donors (Lipinski definition) is 4. The Morgan fingerprint density at radius 3 is 2.33 bits per heavy atom. The van der Waals surface area contributed by atoms with E-state index in [1.807, 2.05) is 78.7 Å². The number of aromatic nitrogens is 1. The SMILES string of the molecule is CC[C@@H]1OC(=O)[C@H](C)[C@@H](O[C@H]2C[C@@](C)(OC)C(OC(=O)NCCNCc3ccccn3)[C@H](C)O2)[C@H](C)[C@@H](O[C@@H]2O[C@H](C)C[C@H](N(C)C)[C@H]2O)[C@@](C)(O)C[C@@H](C)[C@H]2O[C@]1(C)C(=O)[C@@H]2C. The van der Waals surface area contributed by atoms with Crippen LogP contribution in [0.4, 0.5) is 4.79 Å². The van der Waals surface area contributed by atoms with E-state index in [1.165, 1.54) is 7.11 Å². The number of methoxy groups -OCH3 is 1. The number of carbonyl (C=O) groups is 3. The topological polar surface area (TPSA) is 206 Å². The lowest BCUT2D eigenvalue weighted by Crippen LogP contribution is -2.61. The van der Waals surface area contributed by atoms with Gasteiger partial charge >= 0.3 is 12.1 Å². The zero-order valence-corrected chi connectivity index (χ0v) is 39.7. The number of nitrogens with one attached hydrogen (secondary N) is 2. The number of aliphatic hydroxyl groups is 2. The maximum atomic E-state index is 14.5. The van der Waals surface area contributed by atoms with Gasteiger partial charge in [-0.2, -0.15) is 0 Å². The number of fused-ring (bicyclic) bond motifs is 2. The summed E-state index contributed by atoms with van der Waals surface area (Å²) in [5.41, 5.74) is -3.28. The molecule has 2 bridgehead atoms. The second-order valence-electron chi connectivity index (χ2n) is 19.3. The number of Topliss-reactive ketones (excluding diaryl/α,β-unsaturated/α-hetero) is 1. The summed E-state index contributed by atoms with van der Waals surface area (Å²) >= 11 is 0. The Hall–Kier alpha value is -2.84. The predicted molar refractivity (Wildman–Crippen MR) is 231 cm³/mol. The number of amides is 1. The first kappa shape index (κ1) is 51.1. The van der Waals surface area contributed by atoms with Crippen molar-refractivity contribution < 1.29 is 62.5 Å². The molecule has 0 saturated carbocycles. The number of esters is 1.